The van der Waals surface area contributed by atoms with Crippen molar-refractivity contribution < 1.29 is 23.9 Å². The van der Waals surface area contributed by atoms with Crippen molar-refractivity contribution >= 4 is 17.8 Å². The Hall–Kier alpha value is -2.57. The van der Waals surface area contributed by atoms with Crippen molar-refractivity contribution in [3.05, 3.63) is 29.8 Å². The van der Waals surface area contributed by atoms with E-state index in [1.165, 1.54) is 0 Å². The van der Waals surface area contributed by atoms with Crippen LogP contribution in [0.1, 0.15) is 49.9 Å². The van der Waals surface area contributed by atoms with Crippen LogP contribution in [0.2, 0.25) is 0 Å². The molecule has 4 atom stereocenters. The number of hydrogen-bond acceptors (Lipinski definition) is 5. The summed E-state index contributed by atoms with van der Waals surface area (Å²) in [7, 11) is 0. The van der Waals surface area contributed by atoms with Gasteiger partial charge in [-0.25, -0.2) is 0 Å². The number of esters is 1. The van der Waals surface area contributed by atoms with Gasteiger partial charge in [0.2, 0.25) is 5.91 Å². The first kappa shape index (κ1) is 18.8. The number of rotatable bonds is 4. The van der Waals surface area contributed by atoms with Gasteiger partial charge in [-0.15, -0.1) is 0 Å². The summed E-state index contributed by atoms with van der Waals surface area (Å²) in [4.78, 5) is 37.0. The third kappa shape index (κ3) is 3.02. The van der Waals surface area contributed by atoms with Crippen LogP contribution in [0.25, 0.3) is 0 Å². The van der Waals surface area contributed by atoms with Crippen LogP contribution in [0.4, 0.5) is 0 Å². The third-order valence-corrected chi connectivity index (χ3v) is 6.53. The zero-order valence-electron chi connectivity index (χ0n) is 16.2. The molecule has 150 valence electrons. The van der Waals surface area contributed by atoms with Crippen molar-refractivity contribution in [3.63, 3.8) is 0 Å². The molecule has 3 saturated carbocycles. The molecule has 7 nitrogen and oxygen atoms in total. The van der Waals surface area contributed by atoms with Crippen LogP contribution in [0, 0.1) is 17.3 Å². The zero-order chi connectivity index (χ0) is 19.9. The number of amides is 2. The van der Waals surface area contributed by atoms with Gasteiger partial charge in [-0.1, -0.05) is 19.1 Å². The number of carbonyl (C=O) groups is 3. The highest BCUT2D eigenvalue weighted by atomic mass is 16.5. The highest BCUT2D eigenvalue weighted by Gasteiger charge is 2.61. The van der Waals surface area contributed by atoms with Crippen molar-refractivity contribution in [3.8, 4) is 5.75 Å². The Kier molecular flexibility index (Phi) is 4.56. The predicted molar refractivity (Wildman–Crippen MR) is 100 cm³/mol. The summed E-state index contributed by atoms with van der Waals surface area (Å²) in [5, 5.41) is 5.83. The van der Waals surface area contributed by atoms with E-state index >= 15 is 0 Å². The van der Waals surface area contributed by atoms with Gasteiger partial charge in [-0.2, -0.15) is 0 Å². The Morgan fingerprint density at radius 1 is 1.36 bits per heavy atom. The molecule has 0 radical (unpaired) electrons. The normalized spacial score (nSPS) is 32.9. The summed E-state index contributed by atoms with van der Waals surface area (Å²) in [6, 6.07) is 7.26. The van der Waals surface area contributed by atoms with Crippen LogP contribution >= 0.6 is 0 Å². The second-order valence-corrected chi connectivity index (χ2v) is 8.32. The lowest BCUT2D eigenvalue weighted by molar-refractivity contribution is -0.168. The topological polar surface area (TPSA) is 93.7 Å². The Labute approximate surface area is 164 Å². The number of fused-ring (bicyclic) bond motifs is 3. The first-order valence-corrected chi connectivity index (χ1v) is 9.91. The molecular formula is C21H26N2O5. The zero-order valence-corrected chi connectivity index (χ0v) is 16.2. The SMILES string of the molecule is CCOC(=O)CNC(=O)[C@@H]1C[C@H]2CC[C@@]1(C)C[C@@]21NC(=O)c2ccccc2O1. The van der Waals surface area contributed by atoms with E-state index in [4.69, 9.17) is 9.47 Å². The van der Waals surface area contributed by atoms with E-state index in [1.807, 2.05) is 18.2 Å². The smallest absolute Gasteiger partial charge is 0.325 e. The largest absolute Gasteiger partial charge is 0.467 e. The highest BCUT2D eigenvalue weighted by Crippen LogP contribution is 2.58. The Morgan fingerprint density at radius 3 is 2.89 bits per heavy atom. The Balaban J connectivity index is 1.52. The number of carbonyl (C=O) groups excluding carboxylic acids is 3. The number of hydrogen-bond donors (Lipinski definition) is 2. The van der Waals surface area contributed by atoms with E-state index in [2.05, 4.69) is 17.6 Å². The van der Waals surface area contributed by atoms with E-state index < -0.39 is 11.7 Å². The molecule has 1 aromatic carbocycles. The minimum atomic E-state index is -0.768. The Bertz CT molecular complexity index is 825. The molecule has 1 spiro atoms. The highest BCUT2D eigenvalue weighted by molar-refractivity contribution is 5.98. The maximum atomic E-state index is 12.8. The molecule has 1 heterocycles. The van der Waals surface area contributed by atoms with Gasteiger partial charge in [-0.05, 0) is 43.7 Å². The van der Waals surface area contributed by atoms with Gasteiger partial charge in [-0.3, -0.25) is 14.4 Å². The minimum Gasteiger partial charge on any atom is -0.467 e. The lowest BCUT2D eigenvalue weighted by Gasteiger charge is -2.59. The van der Waals surface area contributed by atoms with E-state index in [9.17, 15) is 14.4 Å². The van der Waals surface area contributed by atoms with E-state index in [1.54, 1.807) is 13.0 Å². The van der Waals surface area contributed by atoms with Gasteiger partial charge in [0, 0.05) is 18.3 Å². The number of para-hydroxylation sites is 1. The second-order valence-electron chi connectivity index (χ2n) is 8.32. The van der Waals surface area contributed by atoms with Crippen LogP contribution in [0.15, 0.2) is 24.3 Å². The van der Waals surface area contributed by atoms with Gasteiger partial charge in [0.15, 0.2) is 5.72 Å². The van der Waals surface area contributed by atoms with Crippen molar-refractivity contribution in [2.24, 2.45) is 17.3 Å². The molecular weight excluding hydrogens is 360 g/mol. The lowest BCUT2D eigenvalue weighted by Crippen LogP contribution is -2.69. The quantitative estimate of drug-likeness (QED) is 0.772. The van der Waals surface area contributed by atoms with Crippen molar-refractivity contribution in [1.29, 1.82) is 0 Å². The average molecular weight is 386 g/mol. The maximum absolute atomic E-state index is 12.8. The molecule has 2 amide bonds. The van der Waals surface area contributed by atoms with Crippen LogP contribution in [0.5, 0.6) is 5.75 Å². The molecule has 0 aromatic heterocycles. The Morgan fingerprint density at radius 2 is 2.14 bits per heavy atom. The van der Waals surface area contributed by atoms with Gasteiger partial charge in [0.25, 0.3) is 5.91 Å². The van der Waals surface area contributed by atoms with Gasteiger partial charge in [0.1, 0.15) is 12.3 Å². The fraction of sp³-hybridized carbons (Fsp3) is 0.571. The summed E-state index contributed by atoms with van der Waals surface area (Å²) < 4.78 is 11.2. The molecule has 3 fully saturated rings. The van der Waals surface area contributed by atoms with Crippen LogP contribution in [0.3, 0.4) is 0 Å². The minimum absolute atomic E-state index is 0.0463. The summed E-state index contributed by atoms with van der Waals surface area (Å²) in [6.07, 6.45) is 2.97. The molecule has 0 saturated heterocycles. The van der Waals surface area contributed by atoms with E-state index in [0.29, 0.717) is 30.8 Å². The molecule has 2 bridgehead atoms. The van der Waals surface area contributed by atoms with Crippen LogP contribution < -0.4 is 15.4 Å². The number of benzene rings is 1. The molecule has 1 aliphatic heterocycles. The molecule has 28 heavy (non-hydrogen) atoms. The number of ether oxygens (including phenoxy) is 2. The fourth-order valence-corrected chi connectivity index (χ4v) is 5.15. The molecule has 5 rings (SSSR count). The summed E-state index contributed by atoms with van der Waals surface area (Å²) >= 11 is 0. The summed E-state index contributed by atoms with van der Waals surface area (Å²) in [5.41, 5.74) is -0.535. The molecule has 7 heteroatoms. The van der Waals surface area contributed by atoms with Crippen molar-refractivity contribution in [2.45, 2.75) is 45.3 Å². The average Bonchev–Trinajstić information content (AvgIpc) is 2.66. The van der Waals surface area contributed by atoms with Gasteiger partial charge < -0.3 is 20.1 Å². The van der Waals surface area contributed by atoms with Gasteiger partial charge in [0.05, 0.1) is 12.2 Å². The van der Waals surface area contributed by atoms with Crippen LogP contribution in [-0.4, -0.2) is 36.7 Å². The summed E-state index contributed by atoms with van der Waals surface area (Å²) in [5.74, 6) is -0.253. The maximum Gasteiger partial charge on any atom is 0.325 e. The molecule has 0 unspecified atom stereocenters. The standard InChI is InChI=1S/C21H26N2O5/c1-3-27-17(24)11-22-19(26)15-10-13-8-9-20(15,2)12-21(13)23-18(25)14-6-4-5-7-16(14)28-21/h4-7,13,15H,3,8-12H2,1-2H3,(H,22,26)(H,23,25)/t13-,15+,20+,21+/m1/s1. The third-order valence-electron chi connectivity index (χ3n) is 6.53. The molecule has 2 N–H and O–H groups in total. The van der Waals surface area contributed by atoms with Crippen molar-refractivity contribution in [1.82, 2.24) is 10.6 Å². The lowest BCUT2D eigenvalue weighted by atomic mass is 9.52. The first-order chi connectivity index (χ1) is 13.4. The molecule has 1 aromatic rings. The van der Waals surface area contributed by atoms with Gasteiger partial charge >= 0.3 is 5.97 Å². The van der Waals surface area contributed by atoms with E-state index in [-0.39, 0.29) is 35.6 Å². The molecule has 3 aliphatic carbocycles. The summed E-state index contributed by atoms with van der Waals surface area (Å²) in [6.45, 7) is 3.99. The van der Waals surface area contributed by atoms with Crippen molar-refractivity contribution in [2.75, 3.05) is 13.2 Å². The van der Waals surface area contributed by atoms with Crippen LogP contribution in [-0.2, 0) is 14.3 Å². The monoisotopic (exact) mass is 386 g/mol. The molecule has 4 aliphatic rings. The fourth-order valence-electron chi connectivity index (χ4n) is 5.15. The second kappa shape index (κ2) is 6.79. The first-order valence-electron chi connectivity index (χ1n) is 9.91. The number of nitrogens with one attached hydrogen (secondary N) is 2. The predicted octanol–water partition coefficient (Wildman–Crippen LogP) is 2.01. The van der Waals surface area contributed by atoms with E-state index in [0.717, 1.165) is 12.8 Å².